The maximum atomic E-state index is 9.61. The lowest BCUT2D eigenvalue weighted by Gasteiger charge is -2.19. The summed E-state index contributed by atoms with van der Waals surface area (Å²) in [5.41, 5.74) is 0.272. The van der Waals surface area contributed by atoms with Crippen LogP contribution >= 0.6 is 0 Å². The van der Waals surface area contributed by atoms with Gasteiger partial charge in [0, 0.05) is 6.54 Å². The molecule has 0 heterocycles. The largest absolute Gasteiger partial charge is 0.493 e. The first kappa shape index (κ1) is 13.8. The molecule has 0 unspecified atom stereocenters. The van der Waals surface area contributed by atoms with E-state index < -0.39 is 5.60 Å². The van der Waals surface area contributed by atoms with Crippen LogP contribution < -0.4 is 14.8 Å². The molecule has 0 atom stereocenters. The lowest BCUT2D eigenvalue weighted by molar-refractivity contribution is 0.0276. The predicted octanol–water partition coefficient (Wildman–Crippen LogP) is 1.56. The van der Waals surface area contributed by atoms with Crippen LogP contribution in [0.2, 0.25) is 0 Å². The highest BCUT2D eigenvalue weighted by molar-refractivity contribution is 5.43. The summed E-state index contributed by atoms with van der Waals surface area (Å²) < 4.78 is 10.8. The van der Waals surface area contributed by atoms with Crippen LogP contribution in [-0.2, 0) is 6.54 Å². The van der Waals surface area contributed by atoms with Gasteiger partial charge < -0.3 is 19.9 Å². The number of aliphatic hydroxyl groups is 1. The molecule has 0 aromatic heterocycles. The van der Waals surface area contributed by atoms with Crippen LogP contribution in [0.5, 0.6) is 11.5 Å². The van der Waals surface area contributed by atoms with Crippen molar-refractivity contribution in [1.29, 1.82) is 0 Å². The molecular formula is C13H21NO3. The predicted molar refractivity (Wildman–Crippen MR) is 67.6 cm³/mol. The molecule has 0 amide bonds. The van der Waals surface area contributed by atoms with Gasteiger partial charge in [-0.1, -0.05) is 6.07 Å². The van der Waals surface area contributed by atoms with Gasteiger partial charge in [-0.05, 0) is 38.6 Å². The van der Waals surface area contributed by atoms with Crippen molar-refractivity contribution in [3.8, 4) is 11.5 Å². The number of benzene rings is 1. The van der Waals surface area contributed by atoms with Crippen molar-refractivity contribution in [2.75, 3.05) is 20.8 Å². The topological polar surface area (TPSA) is 50.7 Å². The summed E-state index contributed by atoms with van der Waals surface area (Å²) in [5.74, 6) is 1.33. The molecule has 0 radical (unpaired) electrons. The van der Waals surface area contributed by atoms with E-state index >= 15 is 0 Å². The zero-order valence-electron chi connectivity index (χ0n) is 10.9. The Bertz CT molecular complexity index is 358. The molecule has 0 aliphatic heterocycles. The van der Waals surface area contributed by atoms with Crippen molar-refractivity contribution in [3.63, 3.8) is 0 Å². The van der Waals surface area contributed by atoms with E-state index in [2.05, 4.69) is 5.32 Å². The van der Waals surface area contributed by atoms with Gasteiger partial charge in [-0.3, -0.25) is 0 Å². The van der Waals surface area contributed by atoms with Crippen molar-refractivity contribution in [2.45, 2.75) is 26.0 Å². The van der Waals surface area contributed by atoms with E-state index in [0.717, 1.165) is 12.1 Å². The second kappa shape index (κ2) is 5.89. The molecule has 0 saturated heterocycles. The molecule has 0 aliphatic carbocycles. The Balaban J connectivity index is 2.78. The third kappa shape index (κ3) is 4.63. The molecule has 0 fully saturated rings. The Labute approximate surface area is 103 Å². The Morgan fingerprint density at radius 2 is 2.00 bits per heavy atom. The fourth-order valence-corrected chi connectivity index (χ4v) is 1.40. The molecule has 96 valence electrons. The minimum Gasteiger partial charge on any atom is -0.493 e. The second-order valence-electron chi connectivity index (χ2n) is 4.62. The monoisotopic (exact) mass is 239 g/mol. The smallest absolute Gasteiger partial charge is 0.161 e. The minimum absolute atomic E-state index is 0.231. The van der Waals surface area contributed by atoms with Crippen molar-refractivity contribution >= 4 is 0 Å². The van der Waals surface area contributed by atoms with Crippen molar-refractivity contribution in [1.82, 2.24) is 5.32 Å². The van der Waals surface area contributed by atoms with E-state index in [1.807, 2.05) is 25.2 Å². The summed E-state index contributed by atoms with van der Waals surface area (Å²) >= 11 is 0. The van der Waals surface area contributed by atoms with E-state index in [0.29, 0.717) is 11.5 Å². The summed E-state index contributed by atoms with van der Waals surface area (Å²) in [6.07, 6.45) is 0. The van der Waals surface area contributed by atoms with Crippen molar-refractivity contribution in [3.05, 3.63) is 23.8 Å². The zero-order valence-corrected chi connectivity index (χ0v) is 10.9. The average Bonchev–Trinajstić information content (AvgIpc) is 2.26. The molecule has 1 aromatic carbocycles. The maximum Gasteiger partial charge on any atom is 0.161 e. The van der Waals surface area contributed by atoms with Gasteiger partial charge in [0.05, 0.1) is 12.7 Å². The van der Waals surface area contributed by atoms with E-state index in [-0.39, 0.29) is 6.61 Å². The quantitative estimate of drug-likeness (QED) is 0.791. The third-order valence-electron chi connectivity index (χ3n) is 2.19. The molecule has 4 nitrogen and oxygen atoms in total. The third-order valence-corrected chi connectivity index (χ3v) is 2.19. The minimum atomic E-state index is -0.853. The molecule has 0 bridgehead atoms. The molecular weight excluding hydrogens is 218 g/mol. The summed E-state index contributed by atoms with van der Waals surface area (Å²) in [6.45, 7) is 4.42. The highest BCUT2D eigenvalue weighted by Crippen LogP contribution is 2.28. The first-order chi connectivity index (χ1) is 7.96. The lowest BCUT2D eigenvalue weighted by atomic mass is 10.1. The van der Waals surface area contributed by atoms with Gasteiger partial charge in [0.25, 0.3) is 0 Å². The molecule has 17 heavy (non-hydrogen) atoms. The number of hydrogen-bond acceptors (Lipinski definition) is 4. The van der Waals surface area contributed by atoms with Gasteiger partial charge in [0.1, 0.15) is 6.61 Å². The van der Waals surface area contributed by atoms with E-state index in [1.165, 1.54) is 0 Å². The summed E-state index contributed by atoms with van der Waals surface area (Å²) in [5, 5.41) is 12.7. The molecule has 0 saturated carbocycles. The Hall–Kier alpha value is -1.26. The first-order valence-electron chi connectivity index (χ1n) is 5.63. The van der Waals surface area contributed by atoms with E-state index in [1.54, 1.807) is 21.0 Å². The SMILES string of the molecule is CNCc1ccc(OCC(C)(C)O)c(OC)c1. The number of rotatable bonds is 6. The molecule has 0 spiro atoms. The van der Waals surface area contributed by atoms with Crippen LogP contribution in [0.1, 0.15) is 19.4 Å². The Morgan fingerprint density at radius 3 is 2.53 bits per heavy atom. The van der Waals surface area contributed by atoms with Crippen LogP contribution in [0, 0.1) is 0 Å². The van der Waals surface area contributed by atoms with Gasteiger partial charge >= 0.3 is 0 Å². The van der Waals surface area contributed by atoms with Crippen LogP contribution in [0.3, 0.4) is 0 Å². The van der Waals surface area contributed by atoms with Crippen LogP contribution in [0.25, 0.3) is 0 Å². The standard InChI is InChI=1S/C13H21NO3/c1-13(2,15)9-17-11-6-5-10(8-14-3)7-12(11)16-4/h5-7,14-15H,8-9H2,1-4H3. The van der Waals surface area contributed by atoms with Crippen LogP contribution in [-0.4, -0.2) is 31.5 Å². The van der Waals surface area contributed by atoms with Gasteiger partial charge in [-0.15, -0.1) is 0 Å². The van der Waals surface area contributed by atoms with Crippen LogP contribution in [0.4, 0.5) is 0 Å². The van der Waals surface area contributed by atoms with Crippen molar-refractivity contribution in [2.24, 2.45) is 0 Å². The molecule has 2 N–H and O–H groups in total. The molecule has 0 aliphatic rings. The van der Waals surface area contributed by atoms with E-state index in [4.69, 9.17) is 9.47 Å². The van der Waals surface area contributed by atoms with Gasteiger partial charge in [0.15, 0.2) is 11.5 Å². The molecule has 4 heteroatoms. The fraction of sp³-hybridized carbons (Fsp3) is 0.538. The second-order valence-corrected chi connectivity index (χ2v) is 4.62. The highest BCUT2D eigenvalue weighted by atomic mass is 16.5. The summed E-state index contributed by atoms with van der Waals surface area (Å²) in [6, 6.07) is 5.76. The zero-order chi connectivity index (χ0) is 12.9. The van der Waals surface area contributed by atoms with Gasteiger partial charge in [-0.2, -0.15) is 0 Å². The average molecular weight is 239 g/mol. The number of nitrogens with one attached hydrogen (secondary N) is 1. The number of ether oxygens (including phenoxy) is 2. The summed E-state index contributed by atoms with van der Waals surface area (Å²) in [4.78, 5) is 0. The molecule has 1 rings (SSSR count). The Kier molecular flexibility index (Phi) is 4.78. The highest BCUT2D eigenvalue weighted by Gasteiger charge is 2.15. The number of methoxy groups -OCH3 is 1. The Morgan fingerprint density at radius 1 is 1.29 bits per heavy atom. The lowest BCUT2D eigenvalue weighted by Crippen LogP contribution is -2.28. The van der Waals surface area contributed by atoms with Gasteiger partial charge in [0.2, 0.25) is 0 Å². The summed E-state index contributed by atoms with van der Waals surface area (Å²) in [7, 11) is 3.50. The molecule has 1 aromatic rings. The fourth-order valence-electron chi connectivity index (χ4n) is 1.40. The maximum absolute atomic E-state index is 9.61. The number of hydrogen-bond donors (Lipinski definition) is 2. The van der Waals surface area contributed by atoms with Crippen molar-refractivity contribution < 1.29 is 14.6 Å². The normalized spacial score (nSPS) is 11.4. The van der Waals surface area contributed by atoms with E-state index in [9.17, 15) is 5.11 Å². The van der Waals surface area contributed by atoms with Gasteiger partial charge in [-0.25, -0.2) is 0 Å². The van der Waals surface area contributed by atoms with Crippen LogP contribution in [0.15, 0.2) is 18.2 Å². The first-order valence-corrected chi connectivity index (χ1v) is 5.63.